The number of benzene rings is 1. The van der Waals surface area contributed by atoms with Crippen molar-refractivity contribution in [3.8, 4) is 0 Å². The zero-order valence-corrected chi connectivity index (χ0v) is 15.1. The average molecular weight is 359 g/mol. The van der Waals surface area contributed by atoms with E-state index < -0.39 is 0 Å². The molecule has 0 spiro atoms. The van der Waals surface area contributed by atoms with Crippen LogP contribution in [-0.4, -0.2) is 84.9 Å². The summed E-state index contributed by atoms with van der Waals surface area (Å²) < 4.78 is 5.45. The highest BCUT2D eigenvalue weighted by atomic mass is 16.5. The molecule has 2 fully saturated rings. The molecule has 1 unspecified atom stereocenters. The second-order valence-electron chi connectivity index (χ2n) is 6.73. The topological polar surface area (TPSA) is 70.2 Å². The molecule has 7 nitrogen and oxygen atoms in total. The highest BCUT2D eigenvalue weighted by Crippen LogP contribution is 2.16. The summed E-state index contributed by atoms with van der Waals surface area (Å²) in [7, 11) is 1.63. The van der Waals surface area contributed by atoms with E-state index in [9.17, 15) is 14.4 Å². The van der Waals surface area contributed by atoms with Crippen LogP contribution in [0.3, 0.4) is 0 Å². The van der Waals surface area contributed by atoms with Crippen molar-refractivity contribution in [1.82, 2.24) is 14.7 Å². The minimum atomic E-state index is -0.313. The maximum atomic E-state index is 12.5. The number of amides is 3. The fourth-order valence-electron chi connectivity index (χ4n) is 3.33. The number of hydrogen-bond donors (Lipinski definition) is 0. The minimum absolute atomic E-state index is 0.0333. The van der Waals surface area contributed by atoms with Crippen LogP contribution < -0.4 is 0 Å². The first kappa shape index (κ1) is 18.4. The van der Waals surface area contributed by atoms with Gasteiger partial charge in [-0.1, -0.05) is 18.2 Å². The van der Waals surface area contributed by atoms with Crippen molar-refractivity contribution in [2.75, 3.05) is 46.4 Å². The number of carbonyl (C=O) groups is 3. The maximum Gasteiger partial charge on any atom is 0.254 e. The van der Waals surface area contributed by atoms with Gasteiger partial charge in [-0.15, -0.1) is 0 Å². The van der Waals surface area contributed by atoms with Crippen LogP contribution in [0.2, 0.25) is 0 Å². The third-order valence-electron chi connectivity index (χ3n) is 4.89. The van der Waals surface area contributed by atoms with Gasteiger partial charge in [-0.2, -0.15) is 0 Å². The van der Waals surface area contributed by atoms with Gasteiger partial charge in [0, 0.05) is 45.4 Å². The number of hydrogen-bond acceptors (Lipinski definition) is 4. The van der Waals surface area contributed by atoms with Crippen molar-refractivity contribution in [1.29, 1.82) is 0 Å². The SMILES string of the molecule is CN(CC(=O)N1CCN(C(=O)C2CCCO2)CC1)C(=O)c1ccccc1. The molecule has 2 saturated heterocycles. The number of likely N-dealkylation sites (N-methyl/N-ethyl adjacent to an activating group) is 1. The van der Waals surface area contributed by atoms with Crippen LogP contribution in [0.15, 0.2) is 30.3 Å². The van der Waals surface area contributed by atoms with Crippen molar-refractivity contribution in [3.05, 3.63) is 35.9 Å². The molecule has 2 aliphatic rings. The Hall–Kier alpha value is -2.41. The molecule has 0 N–H and O–H groups in total. The Labute approximate surface area is 153 Å². The van der Waals surface area contributed by atoms with E-state index in [0.717, 1.165) is 12.8 Å². The molecule has 140 valence electrons. The Morgan fingerprint density at radius 1 is 1.08 bits per heavy atom. The van der Waals surface area contributed by atoms with Crippen LogP contribution in [-0.2, 0) is 14.3 Å². The van der Waals surface area contributed by atoms with Gasteiger partial charge in [0.25, 0.3) is 11.8 Å². The van der Waals surface area contributed by atoms with Crippen LogP contribution in [0.5, 0.6) is 0 Å². The molecule has 2 aliphatic heterocycles. The van der Waals surface area contributed by atoms with Gasteiger partial charge in [0.1, 0.15) is 6.10 Å². The second-order valence-corrected chi connectivity index (χ2v) is 6.73. The van der Waals surface area contributed by atoms with Gasteiger partial charge in [0.05, 0.1) is 6.54 Å². The number of piperazine rings is 1. The van der Waals surface area contributed by atoms with E-state index >= 15 is 0 Å². The summed E-state index contributed by atoms with van der Waals surface area (Å²) >= 11 is 0. The summed E-state index contributed by atoms with van der Waals surface area (Å²) in [6, 6.07) is 8.91. The lowest BCUT2D eigenvalue weighted by Gasteiger charge is -2.36. The normalized spacial score (nSPS) is 20.1. The first-order chi connectivity index (χ1) is 12.6. The highest BCUT2D eigenvalue weighted by molar-refractivity contribution is 5.96. The largest absolute Gasteiger partial charge is 0.368 e. The standard InChI is InChI=1S/C19H25N3O4/c1-20(18(24)15-6-3-2-4-7-15)14-17(23)21-9-11-22(12-10-21)19(25)16-8-5-13-26-16/h2-4,6-7,16H,5,8-14H2,1H3. The molecule has 1 aromatic carbocycles. The lowest BCUT2D eigenvalue weighted by Crippen LogP contribution is -2.54. The zero-order valence-electron chi connectivity index (χ0n) is 15.1. The quantitative estimate of drug-likeness (QED) is 0.790. The molecule has 0 saturated carbocycles. The molecule has 3 amide bonds. The van der Waals surface area contributed by atoms with Gasteiger partial charge in [0.2, 0.25) is 5.91 Å². The monoisotopic (exact) mass is 359 g/mol. The van der Waals surface area contributed by atoms with Crippen LogP contribution in [0.25, 0.3) is 0 Å². The molecular weight excluding hydrogens is 334 g/mol. The van der Waals surface area contributed by atoms with Crippen LogP contribution in [0.4, 0.5) is 0 Å². The zero-order chi connectivity index (χ0) is 18.5. The molecule has 0 aromatic heterocycles. The molecular formula is C19H25N3O4. The van der Waals surface area contributed by atoms with Gasteiger partial charge < -0.3 is 19.4 Å². The van der Waals surface area contributed by atoms with Gasteiger partial charge in [0.15, 0.2) is 0 Å². The Morgan fingerprint density at radius 2 is 1.73 bits per heavy atom. The van der Waals surface area contributed by atoms with E-state index in [4.69, 9.17) is 4.74 Å². The van der Waals surface area contributed by atoms with E-state index in [1.165, 1.54) is 4.90 Å². The van der Waals surface area contributed by atoms with Gasteiger partial charge in [-0.25, -0.2) is 0 Å². The lowest BCUT2D eigenvalue weighted by molar-refractivity contribution is -0.146. The van der Waals surface area contributed by atoms with Crippen LogP contribution in [0.1, 0.15) is 23.2 Å². The molecule has 2 heterocycles. The maximum absolute atomic E-state index is 12.5. The number of nitrogens with zero attached hydrogens (tertiary/aromatic N) is 3. The second kappa shape index (κ2) is 8.31. The third kappa shape index (κ3) is 4.22. The fraction of sp³-hybridized carbons (Fsp3) is 0.526. The van der Waals surface area contributed by atoms with E-state index in [1.807, 2.05) is 6.07 Å². The Morgan fingerprint density at radius 3 is 2.35 bits per heavy atom. The van der Waals surface area contributed by atoms with E-state index in [2.05, 4.69) is 0 Å². The first-order valence-electron chi connectivity index (χ1n) is 9.05. The summed E-state index contributed by atoms with van der Waals surface area (Å²) in [4.78, 5) is 42.1. The van der Waals surface area contributed by atoms with Gasteiger partial charge in [-0.3, -0.25) is 14.4 Å². The smallest absolute Gasteiger partial charge is 0.254 e. The molecule has 1 atom stereocenters. The highest BCUT2D eigenvalue weighted by Gasteiger charge is 2.31. The molecule has 1 aromatic rings. The minimum Gasteiger partial charge on any atom is -0.368 e. The molecule has 7 heteroatoms. The van der Waals surface area contributed by atoms with E-state index in [1.54, 1.807) is 41.1 Å². The molecule has 3 rings (SSSR count). The van der Waals surface area contributed by atoms with Crippen molar-refractivity contribution in [2.45, 2.75) is 18.9 Å². The Bertz CT molecular complexity index is 650. The van der Waals surface area contributed by atoms with Gasteiger partial charge >= 0.3 is 0 Å². The Balaban J connectivity index is 1.47. The molecule has 0 aliphatic carbocycles. The van der Waals surface area contributed by atoms with Gasteiger partial charge in [-0.05, 0) is 25.0 Å². The summed E-state index contributed by atoms with van der Waals surface area (Å²) in [6.45, 7) is 2.70. The van der Waals surface area contributed by atoms with E-state index in [0.29, 0.717) is 38.3 Å². The average Bonchev–Trinajstić information content (AvgIpc) is 3.22. The number of ether oxygens (including phenoxy) is 1. The van der Waals surface area contributed by atoms with Crippen LogP contribution in [0, 0.1) is 0 Å². The summed E-state index contributed by atoms with van der Waals surface area (Å²) in [5, 5.41) is 0. The number of carbonyl (C=O) groups excluding carboxylic acids is 3. The van der Waals surface area contributed by atoms with Crippen molar-refractivity contribution >= 4 is 17.7 Å². The predicted molar refractivity (Wildman–Crippen MR) is 95.5 cm³/mol. The lowest BCUT2D eigenvalue weighted by atomic mass is 10.2. The summed E-state index contributed by atoms with van der Waals surface area (Å²) in [5.41, 5.74) is 0.565. The number of rotatable bonds is 4. The summed E-state index contributed by atoms with van der Waals surface area (Å²) in [6.07, 6.45) is 1.40. The van der Waals surface area contributed by atoms with Crippen LogP contribution >= 0.6 is 0 Å². The Kier molecular flexibility index (Phi) is 5.88. The third-order valence-corrected chi connectivity index (χ3v) is 4.89. The van der Waals surface area contributed by atoms with Crippen molar-refractivity contribution in [2.24, 2.45) is 0 Å². The summed E-state index contributed by atoms with van der Waals surface area (Å²) in [5.74, 6) is -0.238. The van der Waals surface area contributed by atoms with Crippen molar-refractivity contribution < 1.29 is 19.1 Å². The fourth-order valence-corrected chi connectivity index (χ4v) is 3.33. The molecule has 26 heavy (non-hydrogen) atoms. The predicted octanol–water partition coefficient (Wildman–Crippen LogP) is 0.608. The molecule has 0 bridgehead atoms. The van der Waals surface area contributed by atoms with E-state index in [-0.39, 0.29) is 30.4 Å². The first-order valence-corrected chi connectivity index (χ1v) is 9.05. The van der Waals surface area contributed by atoms with Crippen molar-refractivity contribution in [3.63, 3.8) is 0 Å². The molecule has 0 radical (unpaired) electrons.